The molecule has 100 valence electrons. The molecule has 1 aliphatic carbocycles. The van der Waals surface area contributed by atoms with Crippen LogP contribution < -0.4 is 5.73 Å². The molecule has 1 aromatic rings. The van der Waals surface area contributed by atoms with E-state index < -0.39 is 9.84 Å². The highest BCUT2D eigenvalue weighted by Crippen LogP contribution is 2.27. The summed E-state index contributed by atoms with van der Waals surface area (Å²) < 4.78 is 24.7. The third kappa shape index (κ3) is 3.25. The predicted molar refractivity (Wildman–Crippen MR) is 74.3 cm³/mol. The van der Waals surface area contributed by atoms with Gasteiger partial charge < -0.3 is 5.73 Å². The summed E-state index contributed by atoms with van der Waals surface area (Å²) in [6.07, 6.45) is 3.12. The fourth-order valence-corrected chi connectivity index (χ4v) is 4.73. The van der Waals surface area contributed by atoms with Gasteiger partial charge in [0, 0.05) is 11.1 Å². The van der Waals surface area contributed by atoms with E-state index in [9.17, 15) is 8.42 Å². The number of nitrogens with two attached hydrogens (primary N) is 1. The van der Waals surface area contributed by atoms with Crippen molar-refractivity contribution in [1.29, 1.82) is 0 Å². The molecule has 2 unspecified atom stereocenters. The molecule has 0 spiro atoms. The summed E-state index contributed by atoms with van der Waals surface area (Å²) in [7, 11) is -3.16. The Bertz CT molecular complexity index is 515. The van der Waals surface area contributed by atoms with Crippen molar-refractivity contribution in [1.82, 2.24) is 0 Å². The summed E-state index contributed by atoms with van der Waals surface area (Å²) in [5.74, 6) is 0.0179. The van der Waals surface area contributed by atoms with Crippen LogP contribution in [0.3, 0.4) is 0 Å². The van der Waals surface area contributed by atoms with Crippen molar-refractivity contribution in [3.63, 3.8) is 0 Å². The molecule has 0 bridgehead atoms. The maximum absolute atomic E-state index is 12.3. The Morgan fingerprint density at radius 2 is 2.00 bits per heavy atom. The van der Waals surface area contributed by atoms with Gasteiger partial charge in [-0.3, -0.25) is 0 Å². The van der Waals surface area contributed by atoms with Gasteiger partial charge in [-0.25, -0.2) is 8.42 Å². The van der Waals surface area contributed by atoms with E-state index in [0.717, 1.165) is 19.3 Å². The minimum absolute atomic E-state index is 0.0179. The van der Waals surface area contributed by atoms with Crippen molar-refractivity contribution in [2.75, 3.05) is 0 Å². The van der Waals surface area contributed by atoms with E-state index in [1.807, 2.05) is 6.07 Å². The first-order valence-electron chi connectivity index (χ1n) is 6.19. The highest BCUT2D eigenvalue weighted by molar-refractivity contribution is 7.91. The van der Waals surface area contributed by atoms with E-state index in [4.69, 9.17) is 17.3 Å². The quantitative estimate of drug-likeness (QED) is 0.929. The second-order valence-corrected chi connectivity index (χ2v) is 7.64. The topological polar surface area (TPSA) is 60.2 Å². The van der Waals surface area contributed by atoms with Crippen LogP contribution in [0.25, 0.3) is 0 Å². The molecule has 2 atom stereocenters. The summed E-state index contributed by atoms with van der Waals surface area (Å²) in [6, 6.07) is 7.12. The molecule has 1 aromatic carbocycles. The Labute approximate surface area is 113 Å². The number of rotatable bonds is 3. The molecule has 0 radical (unpaired) electrons. The van der Waals surface area contributed by atoms with Gasteiger partial charge in [-0.2, -0.15) is 0 Å². The number of hydrogen-bond donors (Lipinski definition) is 1. The molecular formula is C13H18ClNO2S. The average Bonchev–Trinajstić information content (AvgIpc) is 2.32. The first-order chi connectivity index (χ1) is 8.49. The van der Waals surface area contributed by atoms with E-state index in [-0.39, 0.29) is 17.0 Å². The first kappa shape index (κ1) is 13.8. The van der Waals surface area contributed by atoms with Gasteiger partial charge in [0.05, 0.1) is 11.0 Å². The van der Waals surface area contributed by atoms with Gasteiger partial charge in [-0.1, -0.05) is 36.2 Å². The van der Waals surface area contributed by atoms with Gasteiger partial charge in [0.25, 0.3) is 0 Å². The molecule has 0 aliphatic heterocycles. The molecule has 0 aromatic heterocycles. The maximum atomic E-state index is 12.3. The third-order valence-corrected chi connectivity index (χ3v) is 6.02. The second-order valence-electron chi connectivity index (χ2n) is 4.95. The van der Waals surface area contributed by atoms with Gasteiger partial charge in [0.15, 0.2) is 9.84 Å². The largest absolute Gasteiger partial charge is 0.328 e. The Morgan fingerprint density at radius 1 is 1.28 bits per heavy atom. The Morgan fingerprint density at radius 3 is 2.67 bits per heavy atom. The summed E-state index contributed by atoms with van der Waals surface area (Å²) >= 11 is 6.01. The van der Waals surface area contributed by atoms with E-state index in [0.29, 0.717) is 17.0 Å². The summed E-state index contributed by atoms with van der Waals surface area (Å²) in [4.78, 5) is 0. The lowest BCUT2D eigenvalue weighted by molar-refractivity contribution is 0.433. The zero-order chi connectivity index (χ0) is 13.2. The lowest BCUT2D eigenvalue weighted by Gasteiger charge is -2.26. The van der Waals surface area contributed by atoms with Crippen LogP contribution in [0.15, 0.2) is 24.3 Å². The molecule has 0 heterocycles. The van der Waals surface area contributed by atoms with Gasteiger partial charge in [0.1, 0.15) is 0 Å². The van der Waals surface area contributed by atoms with Gasteiger partial charge in [-0.05, 0) is 30.9 Å². The standard InChI is InChI=1S/C13H18ClNO2S/c14-13-7-2-1-4-10(13)9-18(16,17)12-6-3-5-11(15)8-12/h1-2,4,7,11-12H,3,5-6,8-9,15H2. The zero-order valence-electron chi connectivity index (χ0n) is 10.2. The van der Waals surface area contributed by atoms with Gasteiger partial charge in [-0.15, -0.1) is 0 Å². The van der Waals surface area contributed by atoms with E-state index >= 15 is 0 Å². The molecular weight excluding hydrogens is 270 g/mol. The van der Waals surface area contributed by atoms with Crippen molar-refractivity contribution in [3.05, 3.63) is 34.9 Å². The van der Waals surface area contributed by atoms with Gasteiger partial charge in [0.2, 0.25) is 0 Å². The monoisotopic (exact) mass is 287 g/mol. The molecule has 3 nitrogen and oxygen atoms in total. The Balaban J connectivity index is 2.14. The highest BCUT2D eigenvalue weighted by Gasteiger charge is 2.30. The molecule has 2 N–H and O–H groups in total. The molecule has 1 saturated carbocycles. The van der Waals surface area contributed by atoms with Crippen LogP contribution in [0.5, 0.6) is 0 Å². The SMILES string of the molecule is NC1CCCC(S(=O)(=O)Cc2ccccc2Cl)C1. The maximum Gasteiger partial charge on any atom is 0.157 e. The molecule has 0 amide bonds. The number of sulfone groups is 1. The van der Waals surface area contributed by atoms with Gasteiger partial charge >= 0.3 is 0 Å². The molecule has 1 aliphatic rings. The average molecular weight is 288 g/mol. The third-order valence-electron chi connectivity index (χ3n) is 3.49. The summed E-state index contributed by atoms with van der Waals surface area (Å²) in [5, 5.41) is 0.207. The number of hydrogen-bond acceptors (Lipinski definition) is 3. The minimum Gasteiger partial charge on any atom is -0.328 e. The Hall–Kier alpha value is -0.580. The van der Waals surface area contributed by atoms with Crippen molar-refractivity contribution < 1.29 is 8.42 Å². The highest BCUT2D eigenvalue weighted by atomic mass is 35.5. The molecule has 2 rings (SSSR count). The summed E-state index contributed by atoms with van der Waals surface area (Å²) in [6.45, 7) is 0. The van der Waals surface area contributed by atoms with Crippen LogP contribution in [-0.4, -0.2) is 19.7 Å². The van der Waals surface area contributed by atoms with Crippen molar-refractivity contribution in [2.24, 2.45) is 5.73 Å². The van der Waals surface area contributed by atoms with Crippen molar-refractivity contribution in [3.8, 4) is 0 Å². The van der Waals surface area contributed by atoms with Crippen LogP contribution in [0.1, 0.15) is 31.2 Å². The van der Waals surface area contributed by atoms with Crippen LogP contribution in [0.2, 0.25) is 5.02 Å². The van der Waals surface area contributed by atoms with E-state index in [2.05, 4.69) is 0 Å². The fourth-order valence-electron chi connectivity index (χ4n) is 2.46. The molecule has 18 heavy (non-hydrogen) atoms. The van der Waals surface area contributed by atoms with Crippen LogP contribution >= 0.6 is 11.6 Å². The zero-order valence-corrected chi connectivity index (χ0v) is 11.8. The number of benzene rings is 1. The lowest BCUT2D eigenvalue weighted by Crippen LogP contribution is -2.35. The van der Waals surface area contributed by atoms with E-state index in [1.54, 1.807) is 18.2 Å². The Kier molecular flexibility index (Phi) is 4.30. The predicted octanol–water partition coefficient (Wildman–Crippen LogP) is 2.52. The normalized spacial score (nSPS) is 25.0. The smallest absolute Gasteiger partial charge is 0.157 e. The van der Waals surface area contributed by atoms with E-state index in [1.165, 1.54) is 0 Å². The minimum atomic E-state index is -3.16. The number of halogens is 1. The lowest BCUT2D eigenvalue weighted by atomic mass is 9.96. The first-order valence-corrected chi connectivity index (χ1v) is 8.29. The fraction of sp³-hybridized carbons (Fsp3) is 0.538. The summed E-state index contributed by atoms with van der Waals surface area (Å²) in [5.41, 5.74) is 6.53. The molecule has 0 saturated heterocycles. The van der Waals surface area contributed by atoms with Crippen molar-refractivity contribution in [2.45, 2.75) is 42.7 Å². The molecule has 1 fully saturated rings. The van der Waals surface area contributed by atoms with Crippen LogP contribution in [-0.2, 0) is 15.6 Å². The molecule has 5 heteroatoms. The van der Waals surface area contributed by atoms with Crippen LogP contribution in [0.4, 0.5) is 0 Å². The second kappa shape index (κ2) is 5.59. The van der Waals surface area contributed by atoms with Crippen LogP contribution in [0, 0.1) is 0 Å². The van der Waals surface area contributed by atoms with Crippen molar-refractivity contribution >= 4 is 21.4 Å².